The fourth-order valence-corrected chi connectivity index (χ4v) is 4.77. The van der Waals surface area contributed by atoms with Gasteiger partial charge in [-0.3, -0.25) is 9.69 Å². The lowest BCUT2D eigenvalue weighted by molar-refractivity contribution is -0.116. The molecule has 1 atom stereocenters. The number of hydrogen-bond acceptors (Lipinski definition) is 5. The SMILES string of the molecule is Cc1nn(-c2ccccc2)c(C)c1/C=C\C(=O)NC[C@@H](c1cccs1)N1CCOCC1. The van der Waals surface area contributed by atoms with Gasteiger partial charge in [-0.15, -0.1) is 11.3 Å². The minimum Gasteiger partial charge on any atom is -0.379 e. The first-order valence-corrected chi connectivity index (χ1v) is 11.4. The number of morpholine rings is 1. The van der Waals surface area contributed by atoms with Crippen LogP contribution in [-0.4, -0.2) is 53.4 Å². The molecule has 0 aliphatic carbocycles. The molecule has 0 radical (unpaired) electrons. The molecule has 3 aromatic rings. The lowest BCUT2D eigenvalue weighted by atomic mass is 10.1. The molecule has 1 N–H and O–H groups in total. The summed E-state index contributed by atoms with van der Waals surface area (Å²) in [6.07, 6.45) is 3.47. The number of thiophene rings is 1. The number of benzene rings is 1. The average Bonchev–Trinajstić information content (AvgIpc) is 3.42. The van der Waals surface area contributed by atoms with E-state index in [1.807, 2.05) is 54.9 Å². The summed E-state index contributed by atoms with van der Waals surface area (Å²) in [7, 11) is 0. The van der Waals surface area contributed by atoms with E-state index in [0.29, 0.717) is 6.54 Å². The van der Waals surface area contributed by atoms with Gasteiger partial charge in [0.15, 0.2) is 0 Å². The second-order valence-electron chi connectivity index (χ2n) is 7.59. The number of rotatable bonds is 7. The molecular weight excluding hydrogens is 408 g/mol. The Morgan fingerprint density at radius 1 is 1.19 bits per heavy atom. The summed E-state index contributed by atoms with van der Waals surface area (Å²) >= 11 is 1.73. The van der Waals surface area contributed by atoms with Gasteiger partial charge in [-0.1, -0.05) is 24.3 Å². The Balaban J connectivity index is 1.43. The zero-order valence-electron chi connectivity index (χ0n) is 18.0. The molecule has 7 heteroatoms. The number of nitrogens with one attached hydrogen (secondary N) is 1. The number of aryl methyl sites for hydroxylation is 1. The van der Waals surface area contributed by atoms with Gasteiger partial charge in [-0.05, 0) is 43.5 Å². The fourth-order valence-electron chi connectivity index (χ4n) is 3.91. The van der Waals surface area contributed by atoms with E-state index in [-0.39, 0.29) is 11.9 Å². The smallest absolute Gasteiger partial charge is 0.244 e. The number of aromatic nitrogens is 2. The summed E-state index contributed by atoms with van der Waals surface area (Å²) in [4.78, 5) is 16.3. The third kappa shape index (κ3) is 5.12. The first-order chi connectivity index (χ1) is 15.1. The first kappa shape index (κ1) is 21.5. The molecule has 1 amide bonds. The molecule has 1 aromatic carbocycles. The summed E-state index contributed by atoms with van der Waals surface area (Å²) in [6.45, 7) is 7.80. The van der Waals surface area contributed by atoms with Crippen LogP contribution >= 0.6 is 11.3 Å². The van der Waals surface area contributed by atoms with Crippen molar-refractivity contribution >= 4 is 23.3 Å². The van der Waals surface area contributed by atoms with Crippen LogP contribution in [0.1, 0.15) is 27.9 Å². The predicted octanol–water partition coefficient (Wildman–Crippen LogP) is 3.75. The Kier molecular flexibility index (Phi) is 6.96. The van der Waals surface area contributed by atoms with Crippen LogP contribution in [0.15, 0.2) is 53.9 Å². The zero-order chi connectivity index (χ0) is 21.6. The maximum atomic E-state index is 12.6. The van der Waals surface area contributed by atoms with Crippen LogP contribution in [0.4, 0.5) is 0 Å². The molecule has 0 saturated carbocycles. The summed E-state index contributed by atoms with van der Waals surface area (Å²) in [5, 5.41) is 9.82. The molecule has 0 unspecified atom stereocenters. The van der Waals surface area contributed by atoms with Gasteiger partial charge < -0.3 is 10.1 Å². The van der Waals surface area contributed by atoms with Gasteiger partial charge in [0.1, 0.15) is 0 Å². The van der Waals surface area contributed by atoms with Crippen molar-refractivity contribution in [2.24, 2.45) is 0 Å². The number of carbonyl (C=O) groups excluding carboxylic acids is 1. The summed E-state index contributed by atoms with van der Waals surface area (Å²) in [6, 6.07) is 14.4. The molecule has 4 rings (SSSR count). The standard InChI is InChI=1S/C24H28N4O2S/c1-18-21(19(2)28(26-18)20-7-4-3-5-8-20)10-11-24(29)25-17-22(23-9-6-16-31-23)27-12-14-30-15-13-27/h3-11,16,22H,12-15,17H2,1-2H3,(H,25,29)/b11-10-/t22-/m0/s1. The highest BCUT2D eigenvalue weighted by molar-refractivity contribution is 7.10. The molecule has 0 bridgehead atoms. The first-order valence-electron chi connectivity index (χ1n) is 10.6. The number of hydrogen-bond donors (Lipinski definition) is 1. The van der Waals surface area contributed by atoms with Gasteiger partial charge >= 0.3 is 0 Å². The highest BCUT2D eigenvalue weighted by Crippen LogP contribution is 2.25. The minimum atomic E-state index is -0.0962. The van der Waals surface area contributed by atoms with Crippen LogP contribution in [0.3, 0.4) is 0 Å². The highest BCUT2D eigenvalue weighted by Gasteiger charge is 2.23. The Bertz CT molecular complexity index is 1020. The van der Waals surface area contributed by atoms with Crippen molar-refractivity contribution in [3.8, 4) is 5.69 Å². The second-order valence-corrected chi connectivity index (χ2v) is 8.57. The fraction of sp³-hybridized carbons (Fsp3) is 0.333. The molecule has 1 aliphatic heterocycles. The molecule has 6 nitrogen and oxygen atoms in total. The number of nitrogens with zero attached hydrogens (tertiary/aromatic N) is 3. The number of para-hydroxylation sites is 1. The van der Waals surface area contributed by atoms with E-state index < -0.39 is 0 Å². The van der Waals surface area contributed by atoms with Crippen molar-refractivity contribution in [3.05, 3.63) is 75.7 Å². The van der Waals surface area contributed by atoms with Crippen molar-refractivity contribution in [2.45, 2.75) is 19.9 Å². The van der Waals surface area contributed by atoms with Gasteiger partial charge in [-0.2, -0.15) is 5.10 Å². The molecule has 1 saturated heterocycles. The molecule has 0 spiro atoms. The van der Waals surface area contributed by atoms with Crippen molar-refractivity contribution in [1.82, 2.24) is 20.0 Å². The molecule has 2 aromatic heterocycles. The normalized spacial score (nSPS) is 15.9. The van der Waals surface area contributed by atoms with E-state index in [2.05, 4.69) is 32.8 Å². The van der Waals surface area contributed by atoms with Crippen LogP contribution in [0.2, 0.25) is 0 Å². The van der Waals surface area contributed by atoms with Crippen molar-refractivity contribution in [2.75, 3.05) is 32.8 Å². The van der Waals surface area contributed by atoms with Crippen molar-refractivity contribution in [1.29, 1.82) is 0 Å². The minimum absolute atomic E-state index is 0.0962. The largest absolute Gasteiger partial charge is 0.379 e. The van der Waals surface area contributed by atoms with Gasteiger partial charge in [0, 0.05) is 41.8 Å². The molecule has 162 valence electrons. The van der Waals surface area contributed by atoms with Gasteiger partial charge in [-0.25, -0.2) is 4.68 Å². The third-order valence-corrected chi connectivity index (χ3v) is 6.55. The Hall–Kier alpha value is -2.74. The summed E-state index contributed by atoms with van der Waals surface area (Å²) in [5.74, 6) is -0.0962. The van der Waals surface area contributed by atoms with Gasteiger partial charge in [0.25, 0.3) is 0 Å². The summed E-state index contributed by atoms with van der Waals surface area (Å²) < 4.78 is 7.41. The maximum Gasteiger partial charge on any atom is 0.244 e. The quantitative estimate of drug-likeness (QED) is 0.573. The van der Waals surface area contributed by atoms with Crippen LogP contribution < -0.4 is 5.32 Å². The second kappa shape index (κ2) is 10.0. The molecular formula is C24H28N4O2S. The van der Waals surface area contributed by atoms with Crippen molar-refractivity contribution in [3.63, 3.8) is 0 Å². The molecule has 31 heavy (non-hydrogen) atoms. The maximum absolute atomic E-state index is 12.6. The zero-order valence-corrected chi connectivity index (χ0v) is 18.8. The lowest BCUT2D eigenvalue weighted by Crippen LogP contribution is -2.43. The Labute approximate surface area is 187 Å². The predicted molar refractivity (Wildman–Crippen MR) is 125 cm³/mol. The highest BCUT2D eigenvalue weighted by atomic mass is 32.1. The third-order valence-electron chi connectivity index (χ3n) is 5.58. The van der Waals surface area contributed by atoms with E-state index in [9.17, 15) is 4.79 Å². The Morgan fingerprint density at radius 3 is 2.68 bits per heavy atom. The van der Waals surface area contributed by atoms with E-state index in [0.717, 1.165) is 48.9 Å². The molecule has 1 fully saturated rings. The van der Waals surface area contributed by atoms with Crippen LogP contribution in [0, 0.1) is 13.8 Å². The molecule has 1 aliphatic rings. The molecule has 3 heterocycles. The van der Waals surface area contributed by atoms with Crippen molar-refractivity contribution < 1.29 is 9.53 Å². The van der Waals surface area contributed by atoms with E-state index >= 15 is 0 Å². The summed E-state index contributed by atoms with van der Waals surface area (Å²) in [5.41, 5.74) is 3.89. The van der Waals surface area contributed by atoms with Gasteiger partial charge in [0.05, 0.1) is 30.6 Å². The topological polar surface area (TPSA) is 59.4 Å². The van der Waals surface area contributed by atoms with E-state index in [1.165, 1.54) is 4.88 Å². The van der Waals surface area contributed by atoms with Crippen LogP contribution in [-0.2, 0) is 9.53 Å². The van der Waals surface area contributed by atoms with E-state index in [4.69, 9.17) is 4.74 Å². The number of carbonyl (C=O) groups is 1. The monoisotopic (exact) mass is 436 g/mol. The number of ether oxygens (including phenoxy) is 1. The van der Waals surface area contributed by atoms with E-state index in [1.54, 1.807) is 17.4 Å². The Morgan fingerprint density at radius 2 is 1.97 bits per heavy atom. The van der Waals surface area contributed by atoms with Gasteiger partial charge in [0.2, 0.25) is 5.91 Å². The lowest BCUT2D eigenvalue weighted by Gasteiger charge is -2.34. The average molecular weight is 437 g/mol. The van der Waals surface area contributed by atoms with Crippen LogP contribution in [0.25, 0.3) is 11.8 Å². The number of amides is 1. The van der Waals surface area contributed by atoms with Crippen LogP contribution in [0.5, 0.6) is 0 Å².